The molecule has 2 aromatic carbocycles. The van der Waals surface area contributed by atoms with Crippen LogP contribution in [0.25, 0.3) is 0 Å². The van der Waals surface area contributed by atoms with E-state index in [2.05, 4.69) is 10.3 Å². The molecular weight excluding hydrogens is 428 g/mol. The molecule has 0 aliphatic heterocycles. The van der Waals surface area contributed by atoms with Crippen LogP contribution in [0.5, 0.6) is 0 Å². The van der Waals surface area contributed by atoms with Gasteiger partial charge in [-0.1, -0.05) is 36.4 Å². The van der Waals surface area contributed by atoms with Crippen LogP contribution in [0.15, 0.2) is 82.0 Å². The van der Waals surface area contributed by atoms with Gasteiger partial charge in [0.25, 0.3) is 5.91 Å². The monoisotopic (exact) mass is 451 g/mol. The van der Waals surface area contributed by atoms with Crippen molar-refractivity contribution in [1.29, 1.82) is 0 Å². The smallest absolute Gasteiger partial charge is 0.273 e. The minimum atomic E-state index is -0.628. The van der Waals surface area contributed by atoms with Crippen LogP contribution in [0.4, 0.5) is 8.78 Å². The number of hydrogen-bond donors (Lipinski definition) is 1. The zero-order valence-electron chi connectivity index (χ0n) is 18.0. The number of nitrogens with one attached hydrogen (secondary N) is 1. The molecule has 0 aliphatic rings. The highest BCUT2D eigenvalue weighted by Crippen LogP contribution is 2.25. The number of carbonyl (C=O) groups is 1. The topological polar surface area (TPSA) is 71.5 Å². The Labute approximate surface area is 189 Å². The van der Waals surface area contributed by atoms with Crippen molar-refractivity contribution in [1.82, 2.24) is 15.2 Å². The maximum Gasteiger partial charge on any atom is 0.273 e. The molecule has 0 bridgehead atoms. The van der Waals surface area contributed by atoms with Crippen molar-refractivity contribution in [3.8, 4) is 0 Å². The van der Waals surface area contributed by atoms with Crippen LogP contribution < -0.4 is 5.32 Å². The van der Waals surface area contributed by atoms with E-state index in [1.54, 1.807) is 12.1 Å². The van der Waals surface area contributed by atoms with Crippen LogP contribution >= 0.6 is 0 Å². The van der Waals surface area contributed by atoms with Gasteiger partial charge < -0.3 is 14.2 Å². The fourth-order valence-electron chi connectivity index (χ4n) is 3.47. The Morgan fingerprint density at radius 2 is 1.88 bits per heavy atom. The summed E-state index contributed by atoms with van der Waals surface area (Å²) in [4.78, 5) is 18.6. The lowest BCUT2D eigenvalue weighted by molar-refractivity contribution is 0.0943. The standard InChI is InChI=1S/C25H23F2N3O3/c1-17(18-6-3-2-4-7-18)30(14-19-9-10-20(26)12-22(19)27)15-24-29-23(16-33-24)25(31)28-13-21-8-5-11-32-21/h2-12,16-17H,13-15H2,1H3,(H,28,31)/t17-/m1/s1. The molecule has 4 rings (SSSR count). The van der Waals surface area contributed by atoms with Gasteiger partial charge in [0.2, 0.25) is 5.89 Å². The SMILES string of the molecule is C[C@H](c1ccccc1)N(Cc1nc(C(=O)NCc2ccco2)co1)Cc1ccc(F)cc1F. The lowest BCUT2D eigenvalue weighted by Gasteiger charge is -2.28. The zero-order chi connectivity index (χ0) is 23.2. The van der Waals surface area contributed by atoms with Gasteiger partial charge in [-0.2, -0.15) is 0 Å². The van der Waals surface area contributed by atoms with Gasteiger partial charge >= 0.3 is 0 Å². The number of oxazole rings is 1. The van der Waals surface area contributed by atoms with Crippen molar-refractivity contribution >= 4 is 5.91 Å². The van der Waals surface area contributed by atoms with Crippen LogP contribution in [0.2, 0.25) is 0 Å². The van der Waals surface area contributed by atoms with E-state index in [9.17, 15) is 13.6 Å². The molecule has 0 spiro atoms. The number of benzene rings is 2. The molecule has 0 fully saturated rings. The molecule has 0 aliphatic carbocycles. The predicted octanol–water partition coefficient (Wildman–Crippen LogP) is 5.24. The van der Waals surface area contributed by atoms with Crippen LogP contribution in [0, 0.1) is 11.6 Å². The van der Waals surface area contributed by atoms with Crippen LogP contribution in [0.3, 0.4) is 0 Å². The van der Waals surface area contributed by atoms with E-state index < -0.39 is 17.5 Å². The van der Waals surface area contributed by atoms with Gasteiger partial charge in [0.05, 0.1) is 19.4 Å². The largest absolute Gasteiger partial charge is 0.467 e. The third kappa shape index (κ3) is 5.72. The highest BCUT2D eigenvalue weighted by Gasteiger charge is 2.21. The number of furan rings is 1. The van der Waals surface area contributed by atoms with Crippen molar-refractivity contribution in [2.24, 2.45) is 0 Å². The first kappa shape index (κ1) is 22.4. The summed E-state index contributed by atoms with van der Waals surface area (Å²) in [6.45, 7) is 2.63. The Balaban J connectivity index is 1.50. The molecule has 8 heteroatoms. The van der Waals surface area contributed by atoms with Gasteiger partial charge in [-0.25, -0.2) is 13.8 Å². The number of halogens is 2. The van der Waals surface area contributed by atoms with Crippen molar-refractivity contribution < 1.29 is 22.4 Å². The molecule has 6 nitrogen and oxygen atoms in total. The molecule has 1 amide bonds. The number of amides is 1. The molecule has 0 unspecified atom stereocenters. The zero-order valence-corrected chi connectivity index (χ0v) is 18.0. The Hall–Kier alpha value is -3.78. The molecule has 1 N–H and O–H groups in total. The summed E-state index contributed by atoms with van der Waals surface area (Å²) >= 11 is 0. The molecule has 2 aromatic heterocycles. The van der Waals surface area contributed by atoms with E-state index >= 15 is 0 Å². The maximum absolute atomic E-state index is 14.4. The molecule has 33 heavy (non-hydrogen) atoms. The van der Waals surface area contributed by atoms with Gasteiger partial charge in [-0.05, 0) is 30.7 Å². The average molecular weight is 451 g/mol. The second kappa shape index (κ2) is 10.2. The molecule has 2 heterocycles. The minimum absolute atomic E-state index is 0.126. The summed E-state index contributed by atoms with van der Waals surface area (Å²) < 4.78 is 38.5. The third-order valence-corrected chi connectivity index (χ3v) is 5.34. The second-order valence-electron chi connectivity index (χ2n) is 7.62. The Kier molecular flexibility index (Phi) is 6.95. The van der Waals surface area contributed by atoms with Crippen molar-refractivity contribution in [3.05, 3.63) is 113 Å². The van der Waals surface area contributed by atoms with Gasteiger partial charge in [-0.15, -0.1) is 0 Å². The quantitative estimate of drug-likeness (QED) is 0.377. The second-order valence-corrected chi connectivity index (χ2v) is 7.62. The predicted molar refractivity (Wildman–Crippen MR) is 117 cm³/mol. The number of aromatic nitrogens is 1. The summed E-state index contributed by atoms with van der Waals surface area (Å²) in [6, 6.07) is 16.6. The highest BCUT2D eigenvalue weighted by molar-refractivity contribution is 5.91. The summed E-state index contributed by atoms with van der Waals surface area (Å²) in [5, 5.41) is 2.72. The summed E-state index contributed by atoms with van der Waals surface area (Å²) in [5.41, 5.74) is 1.50. The van der Waals surface area contributed by atoms with E-state index in [4.69, 9.17) is 8.83 Å². The fraction of sp³-hybridized carbons (Fsp3) is 0.200. The number of carbonyl (C=O) groups excluding carboxylic acids is 1. The first-order valence-corrected chi connectivity index (χ1v) is 10.5. The van der Waals surface area contributed by atoms with Gasteiger partial charge in [0.1, 0.15) is 23.7 Å². The van der Waals surface area contributed by atoms with E-state index in [1.165, 1.54) is 24.7 Å². The van der Waals surface area contributed by atoms with Crippen LogP contribution in [-0.2, 0) is 19.6 Å². The average Bonchev–Trinajstić information content (AvgIpc) is 3.51. The summed E-state index contributed by atoms with van der Waals surface area (Å²) in [7, 11) is 0. The molecule has 0 saturated heterocycles. The van der Waals surface area contributed by atoms with Gasteiger partial charge in [-0.3, -0.25) is 9.69 Å². The number of hydrogen-bond acceptors (Lipinski definition) is 5. The van der Waals surface area contributed by atoms with Gasteiger partial charge in [0.15, 0.2) is 5.69 Å². The van der Waals surface area contributed by atoms with E-state index in [1.807, 2.05) is 42.2 Å². The first-order valence-electron chi connectivity index (χ1n) is 10.5. The van der Waals surface area contributed by atoms with Crippen molar-refractivity contribution in [3.63, 3.8) is 0 Å². The van der Waals surface area contributed by atoms with E-state index in [0.717, 1.165) is 11.6 Å². The highest BCUT2D eigenvalue weighted by atomic mass is 19.1. The fourth-order valence-corrected chi connectivity index (χ4v) is 3.47. The van der Waals surface area contributed by atoms with Crippen LogP contribution in [0.1, 0.15) is 46.2 Å². The Morgan fingerprint density at radius 1 is 1.06 bits per heavy atom. The van der Waals surface area contributed by atoms with E-state index in [-0.39, 0.29) is 31.4 Å². The van der Waals surface area contributed by atoms with Gasteiger partial charge in [0, 0.05) is 24.2 Å². The molecule has 4 aromatic rings. The lowest BCUT2D eigenvalue weighted by Crippen LogP contribution is -2.27. The molecular formula is C25H23F2N3O3. The lowest BCUT2D eigenvalue weighted by atomic mass is 10.1. The molecule has 0 saturated carbocycles. The Morgan fingerprint density at radius 3 is 2.61 bits per heavy atom. The van der Waals surface area contributed by atoms with Crippen molar-refractivity contribution in [2.75, 3.05) is 0 Å². The van der Waals surface area contributed by atoms with Crippen molar-refractivity contribution in [2.45, 2.75) is 32.6 Å². The third-order valence-electron chi connectivity index (χ3n) is 5.34. The number of rotatable bonds is 9. The molecule has 1 atom stereocenters. The maximum atomic E-state index is 14.4. The normalized spacial score (nSPS) is 12.1. The number of nitrogens with zero attached hydrogens (tertiary/aromatic N) is 2. The minimum Gasteiger partial charge on any atom is -0.467 e. The molecule has 0 radical (unpaired) electrons. The van der Waals surface area contributed by atoms with E-state index in [0.29, 0.717) is 17.2 Å². The summed E-state index contributed by atoms with van der Waals surface area (Å²) in [6.07, 6.45) is 2.82. The summed E-state index contributed by atoms with van der Waals surface area (Å²) in [5.74, 6) is -0.712. The first-order chi connectivity index (χ1) is 16.0. The molecule has 170 valence electrons. The van der Waals surface area contributed by atoms with Crippen LogP contribution in [-0.4, -0.2) is 15.8 Å². The Bertz CT molecular complexity index is 1190.